The fraction of sp³-hybridized carbons (Fsp3) is 0.273. The molecule has 0 aliphatic rings. The minimum atomic E-state index is -0.997. The van der Waals surface area contributed by atoms with Crippen molar-refractivity contribution in [3.8, 4) is 0 Å². The summed E-state index contributed by atoms with van der Waals surface area (Å²) in [5.41, 5.74) is 0.877. The fourth-order valence-electron chi connectivity index (χ4n) is 1.16. The first-order valence-corrected chi connectivity index (χ1v) is 5.53. The van der Waals surface area contributed by atoms with Crippen molar-refractivity contribution in [2.24, 2.45) is 0 Å². The largest absolute Gasteiger partial charge is 0.480 e. The van der Waals surface area contributed by atoms with Gasteiger partial charge in [-0.3, -0.25) is 4.79 Å². The number of aromatic carboxylic acids is 1. The summed E-state index contributed by atoms with van der Waals surface area (Å²) in [4.78, 5) is 22.2. The van der Waals surface area contributed by atoms with Crippen molar-refractivity contribution in [1.82, 2.24) is 0 Å². The summed E-state index contributed by atoms with van der Waals surface area (Å²) in [5.74, 6) is -1.91. The minimum absolute atomic E-state index is 0.211. The van der Waals surface area contributed by atoms with Gasteiger partial charge in [-0.15, -0.1) is 11.8 Å². The Bertz CT molecular complexity index is 428. The number of carboxylic acid groups (broad SMARTS) is 2. The molecular weight excluding hydrogens is 228 g/mol. The maximum Gasteiger partial charge on any atom is 0.335 e. The maximum atomic E-state index is 10.9. The van der Waals surface area contributed by atoms with Crippen LogP contribution in [0.25, 0.3) is 0 Å². The molecule has 0 saturated heterocycles. The summed E-state index contributed by atoms with van der Waals surface area (Å²) < 4.78 is 0. The first kappa shape index (κ1) is 12.6. The molecule has 0 radical (unpaired) electrons. The zero-order chi connectivity index (χ0) is 12.3. The van der Waals surface area contributed by atoms with Crippen LogP contribution in [0.3, 0.4) is 0 Å². The number of carbonyl (C=O) groups is 2. The molecule has 1 rings (SSSR count). The molecule has 0 aliphatic carbocycles. The lowest BCUT2D eigenvalue weighted by atomic mass is 10.1. The number of benzene rings is 1. The average Bonchev–Trinajstić information content (AvgIpc) is 2.20. The van der Waals surface area contributed by atoms with Gasteiger partial charge in [-0.05, 0) is 31.5 Å². The number of aryl methyl sites for hydroxylation is 1. The average molecular weight is 240 g/mol. The van der Waals surface area contributed by atoms with Crippen molar-refractivity contribution in [2.75, 3.05) is 0 Å². The van der Waals surface area contributed by atoms with E-state index in [0.717, 1.165) is 11.8 Å². The monoisotopic (exact) mass is 240 g/mol. The van der Waals surface area contributed by atoms with E-state index in [1.165, 1.54) is 6.07 Å². The van der Waals surface area contributed by atoms with E-state index in [9.17, 15) is 9.59 Å². The molecular formula is C11H12O4S. The number of thioether (sulfide) groups is 1. The van der Waals surface area contributed by atoms with Crippen LogP contribution in [0.15, 0.2) is 23.1 Å². The lowest BCUT2D eigenvalue weighted by Crippen LogP contribution is -2.11. The third-order valence-electron chi connectivity index (χ3n) is 2.10. The normalized spacial score (nSPS) is 12.1. The molecule has 1 unspecified atom stereocenters. The van der Waals surface area contributed by atoms with Gasteiger partial charge in [-0.25, -0.2) is 4.79 Å². The highest BCUT2D eigenvalue weighted by molar-refractivity contribution is 8.00. The second kappa shape index (κ2) is 5.03. The Morgan fingerprint density at radius 2 is 1.94 bits per heavy atom. The van der Waals surface area contributed by atoms with Crippen LogP contribution in [0, 0.1) is 6.92 Å². The van der Waals surface area contributed by atoms with Crippen LogP contribution >= 0.6 is 11.8 Å². The number of hydrogen-bond donors (Lipinski definition) is 2. The van der Waals surface area contributed by atoms with Gasteiger partial charge in [0, 0.05) is 4.90 Å². The van der Waals surface area contributed by atoms with Gasteiger partial charge < -0.3 is 10.2 Å². The van der Waals surface area contributed by atoms with Crippen LogP contribution in [-0.4, -0.2) is 27.4 Å². The summed E-state index contributed by atoms with van der Waals surface area (Å²) >= 11 is 1.13. The van der Waals surface area contributed by atoms with E-state index >= 15 is 0 Å². The topological polar surface area (TPSA) is 74.6 Å². The van der Waals surface area contributed by atoms with Crippen LogP contribution in [0.2, 0.25) is 0 Å². The minimum Gasteiger partial charge on any atom is -0.480 e. The van der Waals surface area contributed by atoms with Gasteiger partial charge in [0.1, 0.15) is 5.25 Å². The number of carboxylic acids is 2. The smallest absolute Gasteiger partial charge is 0.335 e. The fourth-order valence-corrected chi connectivity index (χ4v) is 2.00. The lowest BCUT2D eigenvalue weighted by Gasteiger charge is -2.08. The molecule has 0 fully saturated rings. The Labute approximate surface area is 97.3 Å². The maximum absolute atomic E-state index is 10.9. The third kappa shape index (κ3) is 3.00. The van der Waals surface area contributed by atoms with Gasteiger partial charge in [0.25, 0.3) is 0 Å². The standard InChI is InChI=1S/C11H12O4S/c1-6-3-4-8(5-9(6)11(14)15)16-7(2)10(12)13/h3-5,7H,1-2H3,(H,12,13)(H,14,15). The zero-order valence-corrected chi connectivity index (χ0v) is 9.75. The molecule has 1 atom stereocenters. The highest BCUT2D eigenvalue weighted by atomic mass is 32.2. The third-order valence-corrected chi connectivity index (χ3v) is 3.18. The molecule has 0 aromatic heterocycles. The van der Waals surface area contributed by atoms with Crippen molar-refractivity contribution in [1.29, 1.82) is 0 Å². The first-order chi connectivity index (χ1) is 7.41. The van der Waals surface area contributed by atoms with E-state index in [-0.39, 0.29) is 5.56 Å². The van der Waals surface area contributed by atoms with Gasteiger partial charge in [0.2, 0.25) is 0 Å². The van der Waals surface area contributed by atoms with E-state index in [2.05, 4.69) is 0 Å². The Balaban J connectivity index is 2.95. The van der Waals surface area contributed by atoms with Gasteiger partial charge in [0.05, 0.1) is 5.56 Å². The quantitative estimate of drug-likeness (QED) is 0.789. The summed E-state index contributed by atoms with van der Waals surface area (Å²) in [7, 11) is 0. The zero-order valence-electron chi connectivity index (χ0n) is 8.93. The van der Waals surface area contributed by atoms with Crippen molar-refractivity contribution in [3.63, 3.8) is 0 Å². The van der Waals surface area contributed by atoms with E-state index in [4.69, 9.17) is 10.2 Å². The Kier molecular flexibility index (Phi) is 3.95. The molecule has 0 saturated carbocycles. The summed E-state index contributed by atoms with van der Waals surface area (Å²) in [6.07, 6.45) is 0. The van der Waals surface area contributed by atoms with Crippen LogP contribution < -0.4 is 0 Å². The SMILES string of the molecule is Cc1ccc(SC(C)C(=O)O)cc1C(=O)O. The van der Waals surface area contributed by atoms with E-state index in [1.54, 1.807) is 26.0 Å². The molecule has 0 heterocycles. The van der Waals surface area contributed by atoms with Crippen LogP contribution in [0.4, 0.5) is 0 Å². The Morgan fingerprint density at radius 3 is 2.44 bits per heavy atom. The number of rotatable bonds is 4. The van der Waals surface area contributed by atoms with Crippen molar-refractivity contribution < 1.29 is 19.8 Å². The molecule has 0 aliphatic heterocycles. The van der Waals surface area contributed by atoms with E-state index in [0.29, 0.717) is 10.5 Å². The molecule has 0 bridgehead atoms. The van der Waals surface area contributed by atoms with Crippen LogP contribution in [0.5, 0.6) is 0 Å². The molecule has 4 nitrogen and oxygen atoms in total. The molecule has 1 aromatic rings. The Morgan fingerprint density at radius 1 is 1.31 bits per heavy atom. The first-order valence-electron chi connectivity index (χ1n) is 4.65. The second-order valence-electron chi connectivity index (χ2n) is 3.38. The molecule has 0 spiro atoms. The van der Waals surface area contributed by atoms with Gasteiger partial charge in [-0.1, -0.05) is 6.07 Å². The molecule has 16 heavy (non-hydrogen) atoms. The molecule has 5 heteroatoms. The summed E-state index contributed by atoms with van der Waals surface area (Å²) in [6, 6.07) is 4.91. The molecule has 2 N–H and O–H groups in total. The molecule has 86 valence electrons. The van der Waals surface area contributed by atoms with Gasteiger partial charge in [-0.2, -0.15) is 0 Å². The highest BCUT2D eigenvalue weighted by Gasteiger charge is 2.14. The van der Waals surface area contributed by atoms with Crippen LogP contribution in [-0.2, 0) is 4.79 Å². The predicted molar refractivity (Wildman–Crippen MR) is 61.1 cm³/mol. The second-order valence-corrected chi connectivity index (χ2v) is 4.79. The van der Waals surface area contributed by atoms with Gasteiger partial charge in [0.15, 0.2) is 0 Å². The van der Waals surface area contributed by atoms with Crippen molar-refractivity contribution in [3.05, 3.63) is 29.3 Å². The Hall–Kier alpha value is -1.49. The van der Waals surface area contributed by atoms with Crippen molar-refractivity contribution in [2.45, 2.75) is 24.0 Å². The molecule has 0 amide bonds. The van der Waals surface area contributed by atoms with Gasteiger partial charge >= 0.3 is 11.9 Å². The van der Waals surface area contributed by atoms with Crippen molar-refractivity contribution >= 4 is 23.7 Å². The van der Waals surface area contributed by atoms with E-state index in [1.807, 2.05) is 0 Å². The lowest BCUT2D eigenvalue weighted by molar-refractivity contribution is -0.136. The summed E-state index contributed by atoms with van der Waals surface area (Å²) in [5, 5.41) is 17.1. The van der Waals surface area contributed by atoms with E-state index < -0.39 is 17.2 Å². The molecule has 1 aromatic carbocycles. The number of hydrogen-bond acceptors (Lipinski definition) is 3. The number of aliphatic carboxylic acids is 1. The predicted octanol–water partition coefficient (Wildman–Crippen LogP) is 2.26. The van der Waals surface area contributed by atoms with Crippen LogP contribution in [0.1, 0.15) is 22.8 Å². The highest BCUT2D eigenvalue weighted by Crippen LogP contribution is 2.25. The summed E-state index contributed by atoms with van der Waals surface area (Å²) in [6.45, 7) is 3.27.